The highest BCUT2D eigenvalue weighted by molar-refractivity contribution is 5.76. The predicted molar refractivity (Wildman–Crippen MR) is 69.1 cm³/mol. The molecule has 1 aliphatic rings. The van der Waals surface area contributed by atoms with Crippen LogP contribution in [0.4, 0.5) is 5.69 Å². The van der Waals surface area contributed by atoms with Gasteiger partial charge in [-0.3, -0.25) is 4.99 Å². The van der Waals surface area contributed by atoms with Gasteiger partial charge in [-0.05, 0) is 17.2 Å². The van der Waals surface area contributed by atoms with Crippen LogP contribution in [0.2, 0.25) is 0 Å². The van der Waals surface area contributed by atoms with Gasteiger partial charge >= 0.3 is 0 Å². The van der Waals surface area contributed by atoms with E-state index in [9.17, 15) is 0 Å². The van der Waals surface area contributed by atoms with Crippen molar-refractivity contribution in [3.63, 3.8) is 0 Å². The number of nitrogens with zero attached hydrogens (tertiary/aromatic N) is 1. The number of rotatable bonds is 3. The van der Waals surface area contributed by atoms with Gasteiger partial charge < -0.3 is 4.74 Å². The number of hydrogen-bond acceptors (Lipinski definition) is 2. The van der Waals surface area contributed by atoms with E-state index in [1.807, 2.05) is 36.5 Å². The first kappa shape index (κ1) is 10.1. The molecule has 0 radical (unpaired) electrons. The van der Waals surface area contributed by atoms with Crippen molar-refractivity contribution in [3.8, 4) is 5.75 Å². The summed E-state index contributed by atoms with van der Waals surface area (Å²) in [5.74, 6) is 0.881. The first-order valence-corrected chi connectivity index (χ1v) is 5.74. The molecule has 3 rings (SSSR count). The number of fused-ring (bicyclic) bond motifs is 1. The Morgan fingerprint density at radius 3 is 2.82 bits per heavy atom. The molecule has 0 fully saturated rings. The molecule has 2 heteroatoms. The van der Waals surface area contributed by atoms with Gasteiger partial charge in [0, 0.05) is 18.7 Å². The first-order chi connectivity index (χ1) is 8.42. The van der Waals surface area contributed by atoms with Crippen LogP contribution in [-0.2, 0) is 13.0 Å². The molecule has 1 aliphatic heterocycles. The number of benzene rings is 2. The van der Waals surface area contributed by atoms with Crippen molar-refractivity contribution in [2.45, 2.75) is 13.0 Å². The van der Waals surface area contributed by atoms with Gasteiger partial charge in [-0.25, -0.2) is 0 Å². The van der Waals surface area contributed by atoms with Crippen molar-refractivity contribution < 1.29 is 4.74 Å². The lowest BCUT2D eigenvalue weighted by molar-refractivity contribution is 0.306. The summed E-state index contributed by atoms with van der Waals surface area (Å²) in [6.45, 7) is 0.601. The van der Waals surface area contributed by atoms with Crippen LogP contribution in [0, 0.1) is 0 Å². The molecule has 2 aromatic rings. The lowest BCUT2D eigenvalue weighted by Gasteiger charge is -2.07. The molecule has 17 heavy (non-hydrogen) atoms. The third-order valence-corrected chi connectivity index (χ3v) is 2.85. The number of aliphatic imine (C=N–C) groups is 1. The van der Waals surface area contributed by atoms with E-state index < -0.39 is 0 Å². The van der Waals surface area contributed by atoms with Gasteiger partial charge in [0.15, 0.2) is 0 Å². The molecular formula is C15H13NO. The molecule has 0 atom stereocenters. The minimum Gasteiger partial charge on any atom is -0.489 e. The smallest absolute Gasteiger partial charge is 0.121 e. The van der Waals surface area contributed by atoms with E-state index in [0.29, 0.717) is 6.61 Å². The Hall–Kier alpha value is -2.09. The zero-order valence-corrected chi connectivity index (χ0v) is 9.47. The second kappa shape index (κ2) is 4.42. The molecule has 0 aliphatic carbocycles. The standard InChI is InChI=1S/C15H13NO/c1-2-4-12(5-3-1)11-17-14-7-6-13-8-9-16-15(13)10-14/h1-7,9-10H,8,11H2. The molecule has 2 nitrogen and oxygen atoms in total. The normalized spacial score (nSPS) is 12.5. The average Bonchev–Trinajstić information content (AvgIpc) is 2.85. The number of hydrogen-bond donors (Lipinski definition) is 0. The van der Waals surface area contributed by atoms with Crippen molar-refractivity contribution >= 4 is 11.9 Å². The zero-order chi connectivity index (χ0) is 11.5. The van der Waals surface area contributed by atoms with Crippen molar-refractivity contribution in [2.24, 2.45) is 4.99 Å². The minimum absolute atomic E-state index is 0.601. The summed E-state index contributed by atoms with van der Waals surface area (Å²) in [4.78, 5) is 4.31. The maximum atomic E-state index is 5.74. The van der Waals surface area contributed by atoms with Gasteiger partial charge in [-0.1, -0.05) is 36.4 Å². The van der Waals surface area contributed by atoms with Crippen molar-refractivity contribution in [2.75, 3.05) is 0 Å². The zero-order valence-electron chi connectivity index (χ0n) is 9.47. The Morgan fingerprint density at radius 2 is 1.94 bits per heavy atom. The van der Waals surface area contributed by atoms with Crippen molar-refractivity contribution in [1.82, 2.24) is 0 Å². The summed E-state index contributed by atoms with van der Waals surface area (Å²) in [6, 6.07) is 16.3. The molecule has 0 amide bonds. The van der Waals surface area contributed by atoms with Crippen LogP contribution in [0.3, 0.4) is 0 Å². The Kier molecular flexibility index (Phi) is 2.62. The summed E-state index contributed by atoms with van der Waals surface area (Å²) >= 11 is 0. The maximum absolute atomic E-state index is 5.74. The molecule has 84 valence electrons. The molecule has 2 aromatic carbocycles. The van der Waals surface area contributed by atoms with Gasteiger partial charge in [0.05, 0.1) is 5.69 Å². The van der Waals surface area contributed by atoms with E-state index >= 15 is 0 Å². The Morgan fingerprint density at radius 1 is 1.06 bits per heavy atom. The predicted octanol–water partition coefficient (Wildman–Crippen LogP) is 3.52. The third-order valence-electron chi connectivity index (χ3n) is 2.85. The van der Waals surface area contributed by atoms with Crippen molar-refractivity contribution in [1.29, 1.82) is 0 Å². The molecule has 0 N–H and O–H groups in total. The van der Waals surface area contributed by atoms with Crippen LogP contribution in [0.15, 0.2) is 53.5 Å². The molecule has 0 saturated heterocycles. The Balaban J connectivity index is 1.72. The Labute approximate surface area is 101 Å². The summed E-state index contributed by atoms with van der Waals surface area (Å²) in [7, 11) is 0. The summed E-state index contributed by atoms with van der Waals surface area (Å²) in [6.07, 6.45) is 2.87. The van der Waals surface area contributed by atoms with Gasteiger partial charge in [-0.15, -0.1) is 0 Å². The molecule has 0 spiro atoms. The van der Waals surface area contributed by atoms with Crippen LogP contribution in [-0.4, -0.2) is 6.21 Å². The van der Waals surface area contributed by atoms with Gasteiger partial charge in [0.1, 0.15) is 12.4 Å². The topological polar surface area (TPSA) is 21.6 Å². The summed E-state index contributed by atoms with van der Waals surface area (Å²) < 4.78 is 5.74. The second-order valence-corrected chi connectivity index (χ2v) is 4.08. The number of ether oxygens (including phenoxy) is 1. The molecule has 1 heterocycles. The van der Waals surface area contributed by atoms with Gasteiger partial charge in [0.2, 0.25) is 0 Å². The molecule has 0 bridgehead atoms. The van der Waals surface area contributed by atoms with Gasteiger partial charge in [0.25, 0.3) is 0 Å². The Bertz CT molecular complexity index is 546. The largest absolute Gasteiger partial charge is 0.489 e. The maximum Gasteiger partial charge on any atom is 0.121 e. The SMILES string of the molecule is C1=Nc2cc(OCc3ccccc3)ccc2C1. The quantitative estimate of drug-likeness (QED) is 0.780. The fourth-order valence-corrected chi connectivity index (χ4v) is 1.91. The minimum atomic E-state index is 0.601. The lowest BCUT2D eigenvalue weighted by Crippen LogP contribution is -1.94. The second-order valence-electron chi connectivity index (χ2n) is 4.08. The fraction of sp³-hybridized carbons (Fsp3) is 0.133. The molecule has 0 saturated carbocycles. The van der Waals surface area contributed by atoms with E-state index in [1.165, 1.54) is 11.1 Å². The van der Waals surface area contributed by atoms with E-state index in [1.54, 1.807) is 0 Å². The first-order valence-electron chi connectivity index (χ1n) is 5.74. The van der Waals surface area contributed by atoms with Crippen LogP contribution in [0.1, 0.15) is 11.1 Å². The molecular weight excluding hydrogens is 210 g/mol. The highest BCUT2D eigenvalue weighted by Crippen LogP contribution is 2.28. The van der Waals surface area contributed by atoms with E-state index in [2.05, 4.69) is 23.2 Å². The van der Waals surface area contributed by atoms with E-state index in [0.717, 1.165) is 17.9 Å². The van der Waals surface area contributed by atoms with Gasteiger partial charge in [-0.2, -0.15) is 0 Å². The van der Waals surface area contributed by atoms with E-state index in [4.69, 9.17) is 4.74 Å². The van der Waals surface area contributed by atoms with Crippen LogP contribution >= 0.6 is 0 Å². The van der Waals surface area contributed by atoms with E-state index in [-0.39, 0.29) is 0 Å². The monoisotopic (exact) mass is 223 g/mol. The fourth-order valence-electron chi connectivity index (χ4n) is 1.91. The summed E-state index contributed by atoms with van der Waals surface area (Å²) in [5, 5.41) is 0. The highest BCUT2D eigenvalue weighted by Gasteiger charge is 2.07. The van der Waals surface area contributed by atoms with Crippen LogP contribution in [0.5, 0.6) is 5.75 Å². The lowest BCUT2D eigenvalue weighted by atomic mass is 10.1. The highest BCUT2D eigenvalue weighted by atomic mass is 16.5. The van der Waals surface area contributed by atoms with Crippen LogP contribution in [0.25, 0.3) is 0 Å². The molecule has 0 unspecified atom stereocenters. The van der Waals surface area contributed by atoms with Crippen LogP contribution < -0.4 is 4.74 Å². The molecule has 0 aromatic heterocycles. The third kappa shape index (κ3) is 2.21. The average molecular weight is 223 g/mol. The summed E-state index contributed by atoms with van der Waals surface area (Å²) in [5.41, 5.74) is 3.49. The van der Waals surface area contributed by atoms with Crippen molar-refractivity contribution in [3.05, 3.63) is 59.7 Å².